The van der Waals surface area contributed by atoms with Gasteiger partial charge in [-0.2, -0.15) is 0 Å². The third kappa shape index (κ3) is 5.92. The van der Waals surface area contributed by atoms with Gasteiger partial charge in [-0.25, -0.2) is 8.42 Å². The van der Waals surface area contributed by atoms with E-state index in [9.17, 15) is 18.0 Å². The van der Waals surface area contributed by atoms with Gasteiger partial charge >= 0.3 is 0 Å². The van der Waals surface area contributed by atoms with E-state index in [1.54, 1.807) is 60.7 Å². The summed E-state index contributed by atoms with van der Waals surface area (Å²) in [4.78, 5) is 24.6. The fraction of sp³-hybridized carbons (Fsp3) is 0.0909. The number of hydrogen-bond acceptors (Lipinski definition) is 4. The van der Waals surface area contributed by atoms with Crippen molar-refractivity contribution in [1.82, 2.24) is 5.32 Å². The van der Waals surface area contributed by atoms with E-state index < -0.39 is 21.7 Å². The van der Waals surface area contributed by atoms with Crippen LogP contribution in [-0.4, -0.2) is 26.8 Å². The summed E-state index contributed by atoms with van der Waals surface area (Å²) in [5.74, 6) is -1.09. The Morgan fingerprint density at radius 1 is 0.867 bits per heavy atom. The minimum absolute atomic E-state index is 0.221. The average Bonchev–Trinajstić information content (AvgIpc) is 2.74. The first-order valence-corrected chi connectivity index (χ1v) is 11.1. The molecule has 0 radical (unpaired) electrons. The predicted molar refractivity (Wildman–Crippen MR) is 116 cm³/mol. The second-order valence-electron chi connectivity index (χ2n) is 6.51. The Kier molecular flexibility index (Phi) is 6.87. The predicted octanol–water partition coefficient (Wildman–Crippen LogP) is 3.68. The zero-order valence-corrected chi connectivity index (χ0v) is 17.4. The highest BCUT2D eigenvalue weighted by molar-refractivity contribution is 7.90. The maximum Gasteiger partial charge on any atom is 0.251 e. The Hall–Kier alpha value is -3.16. The van der Waals surface area contributed by atoms with Crippen molar-refractivity contribution < 1.29 is 18.0 Å². The highest BCUT2D eigenvalue weighted by Gasteiger charge is 2.16. The first kappa shape index (κ1) is 21.5. The van der Waals surface area contributed by atoms with E-state index in [1.165, 1.54) is 18.2 Å². The molecule has 0 heterocycles. The van der Waals surface area contributed by atoms with E-state index in [2.05, 4.69) is 10.6 Å². The van der Waals surface area contributed by atoms with Gasteiger partial charge in [-0.3, -0.25) is 9.59 Å². The molecule has 0 saturated heterocycles. The smallest absolute Gasteiger partial charge is 0.251 e. The Bertz CT molecular complexity index is 1150. The SMILES string of the molecule is O=C(CNC(=O)c1cccc(CS(=O)(=O)c2ccccc2)c1)Nc1ccc(Cl)cc1. The number of carbonyl (C=O) groups is 2. The van der Waals surface area contributed by atoms with Crippen LogP contribution in [0.5, 0.6) is 0 Å². The van der Waals surface area contributed by atoms with E-state index >= 15 is 0 Å². The molecule has 0 atom stereocenters. The summed E-state index contributed by atoms with van der Waals surface area (Å²) in [6.45, 7) is -0.228. The van der Waals surface area contributed by atoms with E-state index in [0.29, 0.717) is 16.3 Å². The van der Waals surface area contributed by atoms with Crippen molar-refractivity contribution >= 4 is 38.9 Å². The molecule has 0 aliphatic rings. The highest BCUT2D eigenvalue weighted by atomic mass is 35.5. The second-order valence-corrected chi connectivity index (χ2v) is 8.94. The number of amides is 2. The van der Waals surface area contributed by atoms with Crippen LogP contribution in [0.4, 0.5) is 5.69 Å². The Morgan fingerprint density at radius 2 is 1.57 bits per heavy atom. The van der Waals surface area contributed by atoms with Crippen LogP contribution in [0, 0.1) is 0 Å². The number of anilines is 1. The number of halogens is 1. The lowest BCUT2D eigenvalue weighted by Gasteiger charge is -2.09. The molecule has 3 aromatic rings. The Balaban J connectivity index is 1.60. The summed E-state index contributed by atoms with van der Waals surface area (Å²) in [5.41, 5.74) is 1.32. The molecule has 3 rings (SSSR count). The number of benzene rings is 3. The van der Waals surface area contributed by atoms with E-state index in [1.807, 2.05) is 0 Å². The van der Waals surface area contributed by atoms with Gasteiger partial charge in [-0.05, 0) is 54.1 Å². The van der Waals surface area contributed by atoms with Gasteiger partial charge in [-0.15, -0.1) is 0 Å². The molecule has 0 saturated carbocycles. The standard InChI is InChI=1S/C22H19ClN2O4S/c23-18-9-11-19(12-10-18)25-21(26)14-24-22(27)17-6-4-5-16(13-17)15-30(28,29)20-7-2-1-3-8-20/h1-13H,14-15H2,(H,24,27)(H,25,26). The summed E-state index contributed by atoms with van der Waals surface area (Å²) >= 11 is 5.80. The minimum atomic E-state index is -3.52. The van der Waals surface area contributed by atoms with Crippen molar-refractivity contribution in [1.29, 1.82) is 0 Å². The van der Waals surface area contributed by atoms with Crippen molar-refractivity contribution in [2.24, 2.45) is 0 Å². The van der Waals surface area contributed by atoms with Crippen LogP contribution in [0.25, 0.3) is 0 Å². The Morgan fingerprint density at radius 3 is 2.27 bits per heavy atom. The first-order valence-electron chi connectivity index (χ1n) is 9.04. The molecule has 30 heavy (non-hydrogen) atoms. The zero-order valence-electron chi connectivity index (χ0n) is 15.8. The van der Waals surface area contributed by atoms with Crippen LogP contribution in [0.3, 0.4) is 0 Å². The van der Waals surface area contributed by atoms with Crippen LogP contribution >= 0.6 is 11.6 Å². The molecule has 0 aliphatic carbocycles. The molecule has 154 valence electrons. The van der Waals surface area contributed by atoms with E-state index in [0.717, 1.165) is 0 Å². The van der Waals surface area contributed by atoms with Gasteiger partial charge in [0.05, 0.1) is 17.2 Å². The van der Waals surface area contributed by atoms with Gasteiger partial charge in [-0.1, -0.05) is 41.9 Å². The average molecular weight is 443 g/mol. The topological polar surface area (TPSA) is 92.3 Å². The monoisotopic (exact) mass is 442 g/mol. The second kappa shape index (κ2) is 9.56. The summed E-state index contributed by atoms with van der Waals surface area (Å²) in [5, 5.41) is 5.72. The minimum Gasteiger partial charge on any atom is -0.343 e. The number of sulfone groups is 1. The lowest BCUT2D eigenvalue weighted by molar-refractivity contribution is -0.115. The molecule has 0 unspecified atom stereocenters. The van der Waals surface area contributed by atoms with Gasteiger partial charge in [0, 0.05) is 16.3 Å². The molecule has 0 bridgehead atoms. The summed E-state index contributed by atoms with van der Waals surface area (Å²) in [7, 11) is -3.52. The molecule has 0 spiro atoms. The van der Waals surface area contributed by atoms with Gasteiger partial charge in [0.15, 0.2) is 9.84 Å². The third-order valence-corrected chi connectivity index (χ3v) is 6.14. The van der Waals surface area contributed by atoms with Gasteiger partial charge in [0.1, 0.15) is 0 Å². The van der Waals surface area contributed by atoms with Crippen molar-refractivity contribution in [3.8, 4) is 0 Å². The first-order chi connectivity index (χ1) is 14.3. The largest absolute Gasteiger partial charge is 0.343 e. The Labute approximate surface area is 179 Å². The molecule has 0 aliphatic heterocycles. The fourth-order valence-corrected chi connectivity index (χ4v) is 4.22. The third-order valence-electron chi connectivity index (χ3n) is 4.19. The fourth-order valence-electron chi connectivity index (χ4n) is 2.73. The van der Waals surface area contributed by atoms with Gasteiger partial charge < -0.3 is 10.6 Å². The molecule has 8 heteroatoms. The van der Waals surface area contributed by atoms with Crippen LogP contribution in [0.15, 0.2) is 83.8 Å². The molecule has 0 aromatic heterocycles. The number of hydrogen-bond donors (Lipinski definition) is 2. The number of carbonyl (C=O) groups excluding carboxylic acids is 2. The maximum absolute atomic E-state index is 12.5. The van der Waals surface area contributed by atoms with Gasteiger partial charge in [0.2, 0.25) is 5.91 Å². The molecule has 0 fully saturated rings. The molecule has 6 nitrogen and oxygen atoms in total. The van der Waals surface area contributed by atoms with Crippen molar-refractivity contribution in [2.75, 3.05) is 11.9 Å². The molecule has 2 amide bonds. The summed E-state index contributed by atoms with van der Waals surface area (Å²) in [6.07, 6.45) is 0. The zero-order chi connectivity index (χ0) is 21.6. The van der Waals surface area contributed by atoms with Crippen molar-refractivity contribution in [3.05, 3.63) is 95.0 Å². The number of rotatable bonds is 7. The highest BCUT2D eigenvalue weighted by Crippen LogP contribution is 2.17. The molecular weight excluding hydrogens is 424 g/mol. The summed E-state index contributed by atoms with van der Waals surface area (Å²) in [6, 6.07) is 21.0. The number of nitrogens with one attached hydrogen (secondary N) is 2. The van der Waals surface area contributed by atoms with Crippen molar-refractivity contribution in [3.63, 3.8) is 0 Å². The van der Waals surface area contributed by atoms with Crippen LogP contribution < -0.4 is 10.6 Å². The molecule has 3 aromatic carbocycles. The van der Waals surface area contributed by atoms with E-state index in [-0.39, 0.29) is 22.8 Å². The quantitative estimate of drug-likeness (QED) is 0.583. The lowest BCUT2D eigenvalue weighted by Crippen LogP contribution is -2.32. The van der Waals surface area contributed by atoms with Crippen molar-refractivity contribution in [2.45, 2.75) is 10.6 Å². The van der Waals surface area contributed by atoms with Crippen LogP contribution in [-0.2, 0) is 20.4 Å². The molecule has 2 N–H and O–H groups in total. The summed E-state index contributed by atoms with van der Waals surface area (Å²) < 4.78 is 25.1. The van der Waals surface area contributed by atoms with Crippen LogP contribution in [0.2, 0.25) is 5.02 Å². The van der Waals surface area contributed by atoms with Gasteiger partial charge in [0.25, 0.3) is 5.91 Å². The lowest BCUT2D eigenvalue weighted by atomic mass is 10.1. The van der Waals surface area contributed by atoms with Crippen LogP contribution in [0.1, 0.15) is 15.9 Å². The van der Waals surface area contributed by atoms with E-state index in [4.69, 9.17) is 11.6 Å². The normalized spacial score (nSPS) is 11.0. The maximum atomic E-state index is 12.5. The molecular formula is C22H19ClN2O4S.